The zero-order valence-electron chi connectivity index (χ0n) is 11.1. The summed E-state index contributed by atoms with van der Waals surface area (Å²) in [5.41, 5.74) is -16.9. The third kappa shape index (κ3) is 18.0. The first-order chi connectivity index (χ1) is 9.75. The molecule has 0 saturated carbocycles. The molecular weight excluding hydrogens is 534 g/mol. The molecule has 0 bridgehead atoms. The Hall–Kier alpha value is 0.619. The molecule has 0 aromatic heterocycles. The fraction of sp³-hybridized carbons (Fsp3) is 1.00. The summed E-state index contributed by atoms with van der Waals surface area (Å²) in [6.45, 7) is 0. The molecule has 0 rings (SSSR count). The van der Waals surface area contributed by atoms with Crippen molar-refractivity contribution in [1.29, 1.82) is 0 Å². The van der Waals surface area contributed by atoms with Gasteiger partial charge in [0.15, 0.2) is 30.4 Å². The zero-order valence-corrected chi connectivity index (χ0v) is 16.5. The van der Waals surface area contributed by atoms with Gasteiger partial charge in [-0.15, -0.1) is 0 Å². The van der Waals surface area contributed by atoms with Gasteiger partial charge in [0.1, 0.15) is 0 Å². The van der Waals surface area contributed by atoms with E-state index in [4.69, 9.17) is 38.9 Å². The fourth-order valence-corrected chi connectivity index (χ4v) is 0. The molecule has 26 heavy (non-hydrogen) atoms. The average molecular weight is 534 g/mol. The van der Waals surface area contributed by atoms with Crippen LogP contribution >= 0.6 is 0 Å². The first-order valence-corrected chi connectivity index (χ1v) is 8.04. The molecule has 23 heteroatoms. The van der Waals surface area contributed by atoms with Gasteiger partial charge in [0.2, 0.25) is 0 Å². The normalized spacial score (nSPS) is 12.9. The summed E-state index contributed by atoms with van der Waals surface area (Å²) < 4.78 is 177. The zero-order chi connectivity index (χ0) is 21.0. The maximum Gasteiger partial charge on any atom is 2.00 e. The summed E-state index contributed by atoms with van der Waals surface area (Å²) in [6, 6.07) is 0. The summed E-state index contributed by atoms with van der Waals surface area (Å²) in [4.78, 5) is 0. The Morgan fingerprint density at radius 3 is 0.500 bits per heavy atom. The van der Waals surface area contributed by atoms with Crippen molar-refractivity contribution >= 4 is 30.4 Å². The van der Waals surface area contributed by atoms with Crippen LogP contribution in [-0.2, 0) is 47.4 Å². The van der Waals surface area contributed by atoms with Crippen LogP contribution in [-0.4, -0.2) is 55.4 Å². The fourth-order valence-electron chi connectivity index (χ4n) is 0. The standard InChI is InChI=1S/3CHF3O3S.Cu.Na/c3*2-1(3,4)8(5,6)7;;/h3*(H,5,6,7);;/q;;;+2;+1/p-3. The summed E-state index contributed by atoms with van der Waals surface area (Å²) >= 11 is 0. The molecule has 0 aromatic rings. The van der Waals surface area contributed by atoms with E-state index in [1.54, 1.807) is 0 Å². The van der Waals surface area contributed by atoms with Gasteiger partial charge >= 0.3 is 63.2 Å². The molecule has 9 nitrogen and oxygen atoms in total. The van der Waals surface area contributed by atoms with Gasteiger partial charge in [-0.3, -0.25) is 0 Å². The van der Waals surface area contributed by atoms with Crippen molar-refractivity contribution < 1.29 is 125 Å². The van der Waals surface area contributed by atoms with Gasteiger partial charge < -0.3 is 13.7 Å². The molecule has 1 radical (unpaired) electrons. The molecular formula is C3CuF9NaO9S3. The quantitative estimate of drug-likeness (QED) is 0.138. The SMILES string of the molecule is O=S(=O)([O-])C(F)(F)F.O=S(=O)([O-])C(F)(F)F.O=S(=O)([O-])C(F)(F)F.[Cu+2].[Na+]. The summed E-state index contributed by atoms with van der Waals surface area (Å²) in [7, 11) is -18.3. The van der Waals surface area contributed by atoms with Crippen molar-refractivity contribution in [2.45, 2.75) is 16.5 Å². The van der Waals surface area contributed by atoms with Gasteiger partial charge in [0, 0.05) is 0 Å². The number of rotatable bonds is 0. The second kappa shape index (κ2) is 11.6. The van der Waals surface area contributed by atoms with Gasteiger partial charge in [-0.25, -0.2) is 25.3 Å². The second-order valence-electron chi connectivity index (χ2n) is 2.70. The molecule has 0 N–H and O–H groups in total. The van der Waals surface area contributed by atoms with Crippen LogP contribution in [0.2, 0.25) is 0 Å². The average Bonchev–Trinajstić information content (AvgIpc) is 2.08. The van der Waals surface area contributed by atoms with E-state index in [1.807, 2.05) is 0 Å². The molecule has 0 spiro atoms. The number of hydrogen-bond donors (Lipinski definition) is 0. The van der Waals surface area contributed by atoms with E-state index in [9.17, 15) is 39.5 Å². The Bertz CT molecular complexity index is 602. The molecule has 0 atom stereocenters. The van der Waals surface area contributed by atoms with Crippen molar-refractivity contribution in [1.82, 2.24) is 0 Å². The predicted molar refractivity (Wildman–Crippen MR) is 47.3 cm³/mol. The topological polar surface area (TPSA) is 172 Å². The predicted octanol–water partition coefficient (Wildman–Crippen LogP) is -2.84. The van der Waals surface area contributed by atoms with E-state index in [2.05, 4.69) is 0 Å². The molecule has 0 unspecified atom stereocenters. The van der Waals surface area contributed by atoms with Crippen LogP contribution in [0.3, 0.4) is 0 Å². The van der Waals surface area contributed by atoms with Crippen LogP contribution in [0.15, 0.2) is 0 Å². The first-order valence-electron chi connectivity index (χ1n) is 3.81. The van der Waals surface area contributed by atoms with Crippen LogP contribution in [0.4, 0.5) is 39.5 Å². The Morgan fingerprint density at radius 2 is 0.500 bits per heavy atom. The van der Waals surface area contributed by atoms with Crippen molar-refractivity contribution in [3.8, 4) is 0 Å². The maximum atomic E-state index is 10.7. The van der Waals surface area contributed by atoms with Gasteiger partial charge in [-0.05, 0) is 0 Å². The van der Waals surface area contributed by atoms with Gasteiger partial charge in [-0.2, -0.15) is 39.5 Å². The first kappa shape index (κ1) is 37.4. The Balaban J connectivity index is -0.0000000817. The molecule has 0 aromatic carbocycles. The van der Waals surface area contributed by atoms with Crippen LogP contribution in [0.5, 0.6) is 0 Å². The largest absolute Gasteiger partial charge is 2.00 e. The van der Waals surface area contributed by atoms with Crippen LogP contribution < -0.4 is 29.6 Å². The van der Waals surface area contributed by atoms with Crippen LogP contribution in [0.25, 0.3) is 0 Å². The third-order valence-corrected chi connectivity index (χ3v) is 2.55. The van der Waals surface area contributed by atoms with E-state index in [0.717, 1.165) is 0 Å². The van der Waals surface area contributed by atoms with Crippen molar-refractivity contribution in [2.24, 2.45) is 0 Å². The maximum absolute atomic E-state index is 10.7. The molecule has 0 amide bonds. The van der Waals surface area contributed by atoms with E-state index < -0.39 is 46.9 Å². The Kier molecular flexibility index (Phi) is 16.6. The van der Waals surface area contributed by atoms with E-state index in [-0.39, 0.29) is 46.6 Å². The molecule has 0 aliphatic carbocycles. The number of alkyl halides is 9. The minimum atomic E-state index is -6.09. The molecule has 0 aliphatic rings. The smallest absolute Gasteiger partial charge is 0.741 e. The van der Waals surface area contributed by atoms with E-state index in [0.29, 0.717) is 0 Å². The second-order valence-corrected chi connectivity index (χ2v) is 6.81. The molecule has 0 aliphatic heterocycles. The minimum Gasteiger partial charge on any atom is -0.741 e. The van der Waals surface area contributed by atoms with E-state index >= 15 is 0 Å². The monoisotopic (exact) mass is 533 g/mol. The van der Waals surface area contributed by atoms with Crippen LogP contribution in [0, 0.1) is 0 Å². The van der Waals surface area contributed by atoms with Crippen molar-refractivity contribution in [3.05, 3.63) is 0 Å². The Morgan fingerprint density at radius 1 is 0.462 bits per heavy atom. The van der Waals surface area contributed by atoms with Crippen LogP contribution in [0.1, 0.15) is 0 Å². The van der Waals surface area contributed by atoms with Gasteiger partial charge in [0.05, 0.1) is 0 Å². The van der Waals surface area contributed by atoms with E-state index in [1.165, 1.54) is 0 Å². The third-order valence-electron chi connectivity index (χ3n) is 0.850. The van der Waals surface area contributed by atoms with Gasteiger partial charge in [0.25, 0.3) is 0 Å². The molecule has 0 heterocycles. The summed E-state index contributed by atoms with van der Waals surface area (Å²) in [5, 5.41) is 0. The summed E-state index contributed by atoms with van der Waals surface area (Å²) in [5.74, 6) is 0. The number of halogens is 9. The number of hydrogen-bond acceptors (Lipinski definition) is 9. The Labute approximate surface area is 171 Å². The van der Waals surface area contributed by atoms with Crippen molar-refractivity contribution in [3.63, 3.8) is 0 Å². The van der Waals surface area contributed by atoms with Crippen molar-refractivity contribution in [2.75, 3.05) is 0 Å². The molecule has 159 valence electrons. The summed E-state index contributed by atoms with van der Waals surface area (Å²) in [6.07, 6.45) is 0. The molecule has 0 saturated heterocycles. The van der Waals surface area contributed by atoms with Gasteiger partial charge in [-0.1, -0.05) is 0 Å². The minimum absolute atomic E-state index is 0. The molecule has 0 fully saturated rings.